The lowest BCUT2D eigenvalue weighted by Crippen LogP contribution is -2.25. The molecule has 0 fully saturated rings. The van der Waals surface area contributed by atoms with Gasteiger partial charge in [-0.3, -0.25) is 9.52 Å². The quantitative estimate of drug-likeness (QED) is 0.608. The van der Waals surface area contributed by atoms with Gasteiger partial charge in [0.1, 0.15) is 0 Å². The SMILES string of the molecule is CCC(=O)N1N=C(c2ccc(NS(=O)(=O)c3ccccc3)cc2)CC1c1cccs1. The van der Waals surface area contributed by atoms with Gasteiger partial charge in [-0.1, -0.05) is 43.3 Å². The molecule has 6 nitrogen and oxygen atoms in total. The predicted molar refractivity (Wildman–Crippen MR) is 119 cm³/mol. The van der Waals surface area contributed by atoms with Gasteiger partial charge in [-0.05, 0) is 41.3 Å². The molecule has 1 unspecified atom stereocenters. The molecular weight excluding hydrogens is 418 g/mol. The molecule has 0 radical (unpaired) electrons. The number of nitrogens with zero attached hydrogens (tertiary/aromatic N) is 2. The number of hydrazone groups is 1. The molecule has 0 spiro atoms. The van der Waals surface area contributed by atoms with E-state index in [0.29, 0.717) is 18.5 Å². The molecule has 2 aromatic carbocycles. The first-order valence-corrected chi connectivity index (χ1v) is 12.0. The Bertz CT molecular complexity index is 1160. The third-order valence-corrected chi connectivity index (χ3v) is 7.23. The largest absolute Gasteiger partial charge is 0.280 e. The minimum atomic E-state index is -3.64. The summed E-state index contributed by atoms with van der Waals surface area (Å²) in [6.45, 7) is 1.83. The summed E-state index contributed by atoms with van der Waals surface area (Å²) < 4.78 is 27.6. The van der Waals surface area contributed by atoms with Crippen LogP contribution in [0.1, 0.15) is 36.2 Å². The van der Waals surface area contributed by atoms with Crippen LogP contribution in [-0.2, 0) is 14.8 Å². The molecular formula is C22H21N3O3S2. The number of nitrogens with one attached hydrogen (secondary N) is 1. The molecule has 0 saturated carbocycles. The first kappa shape index (κ1) is 20.3. The maximum absolute atomic E-state index is 12.5. The van der Waals surface area contributed by atoms with Crippen LogP contribution in [0.2, 0.25) is 0 Å². The van der Waals surface area contributed by atoms with Gasteiger partial charge in [0, 0.05) is 23.4 Å². The van der Waals surface area contributed by atoms with Gasteiger partial charge in [0.05, 0.1) is 16.6 Å². The maximum Gasteiger partial charge on any atom is 0.261 e. The van der Waals surface area contributed by atoms with Crippen molar-refractivity contribution in [2.75, 3.05) is 4.72 Å². The van der Waals surface area contributed by atoms with E-state index in [1.165, 1.54) is 0 Å². The lowest BCUT2D eigenvalue weighted by atomic mass is 10.0. The summed E-state index contributed by atoms with van der Waals surface area (Å²) in [6, 6.07) is 19.2. The van der Waals surface area contributed by atoms with E-state index in [9.17, 15) is 13.2 Å². The monoisotopic (exact) mass is 439 g/mol. The molecule has 4 rings (SSSR count). The van der Waals surface area contributed by atoms with Gasteiger partial charge < -0.3 is 0 Å². The van der Waals surface area contributed by atoms with Crippen LogP contribution in [0.5, 0.6) is 0 Å². The second-order valence-electron chi connectivity index (χ2n) is 6.87. The van der Waals surface area contributed by atoms with E-state index in [0.717, 1.165) is 16.2 Å². The highest BCUT2D eigenvalue weighted by molar-refractivity contribution is 7.92. The van der Waals surface area contributed by atoms with Crippen LogP contribution >= 0.6 is 11.3 Å². The number of hydrogen-bond donors (Lipinski definition) is 1. The highest BCUT2D eigenvalue weighted by atomic mass is 32.2. The Hall–Kier alpha value is -2.97. The van der Waals surface area contributed by atoms with Crippen LogP contribution in [0.25, 0.3) is 0 Å². The van der Waals surface area contributed by atoms with Gasteiger partial charge in [-0.15, -0.1) is 11.3 Å². The Kier molecular flexibility index (Phi) is 5.69. The first-order chi connectivity index (χ1) is 14.5. The smallest absolute Gasteiger partial charge is 0.261 e. The fraction of sp³-hybridized carbons (Fsp3) is 0.182. The number of hydrogen-bond acceptors (Lipinski definition) is 5. The zero-order chi connectivity index (χ0) is 21.1. The number of carbonyl (C=O) groups excluding carboxylic acids is 1. The molecule has 3 aromatic rings. The van der Waals surface area contributed by atoms with Gasteiger partial charge in [0.25, 0.3) is 10.0 Å². The van der Waals surface area contributed by atoms with Gasteiger partial charge in [-0.25, -0.2) is 13.4 Å². The van der Waals surface area contributed by atoms with Crippen LogP contribution in [-0.4, -0.2) is 25.0 Å². The number of carbonyl (C=O) groups is 1. The second kappa shape index (κ2) is 8.41. The van der Waals surface area contributed by atoms with Gasteiger partial charge in [0.15, 0.2) is 0 Å². The molecule has 8 heteroatoms. The van der Waals surface area contributed by atoms with Crippen molar-refractivity contribution in [2.45, 2.75) is 30.7 Å². The number of rotatable bonds is 6. The average Bonchev–Trinajstić information content (AvgIpc) is 3.44. The van der Waals surface area contributed by atoms with Gasteiger partial charge in [-0.2, -0.15) is 5.10 Å². The molecule has 0 saturated heterocycles. The van der Waals surface area contributed by atoms with Crippen LogP contribution in [0.15, 0.2) is 82.1 Å². The first-order valence-electron chi connectivity index (χ1n) is 9.59. The van der Waals surface area contributed by atoms with E-state index in [2.05, 4.69) is 9.82 Å². The van der Waals surface area contributed by atoms with Crippen molar-refractivity contribution in [3.8, 4) is 0 Å². The highest BCUT2D eigenvalue weighted by Gasteiger charge is 2.32. The number of benzene rings is 2. The molecule has 0 aliphatic carbocycles. The van der Waals surface area contributed by atoms with Crippen molar-refractivity contribution in [1.82, 2.24) is 5.01 Å². The van der Waals surface area contributed by atoms with Gasteiger partial charge in [0.2, 0.25) is 5.91 Å². The summed E-state index contributed by atoms with van der Waals surface area (Å²) >= 11 is 1.61. The Labute approximate surface area is 179 Å². The summed E-state index contributed by atoms with van der Waals surface area (Å²) in [4.78, 5) is 13.7. The van der Waals surface area contributed by atoms with Crippen LogP contribution in [0.4, 0.5) is 5.69 Å². The third-order valence-electron chi connectivity index (χ3n) is 4.86. The fourth-order valence-corrected chi connectivity index (χ4v) is 5.22. The van der Waals surface area contributed by atoms with Crippen LogP contribution in [0, 0.1) is 0 Å². The summed E-state index contributed by atoms with van der Waals surface area (Å²) in [5.74, 6) is -0.0179. The molecule has 154 valence electrons. The van der Waals surface area contributed by atoms with E-state index in [-0.39, 0.29) is 16.8 Å². The number of amides is 1. The summed E-state index contributed by atoms with van der Waals surface area (Å²) in [7, 11) is -3.64. The van der Waals surface area contributed by atoms with E-state index in [1.54, 1.807) is 58.8 Å². The predicted octanol–water partition coefficient (Wildman–Crippen LogP) is 4.64. The summed E-state index contributed by atoms with van der Waals surface area (Å²) in [5, 5.41) is 8.16. The van der Waals surface area contributed by atoms with Crippen molar-refractivity contribution in [1.29, 1.82) is 0 Å². The summed E-state index contributed by atoms with van der Waals surface area (Å²) in [5.41, 5.74) is 2.15. The zero-order valence-corrected chi connectivity index (χ0v) is 18.0. The standard InChI is InChI=1S/C22H21N3O3S2/c1-2-22(26)25-20(21-9-6-14-29-21)15-19(23-25)16-10-12-17(13-11-16)24-30(27,28)18-7-4-3-5-8-18/h3-14,20,24H,2,15H2,1H3. The molecule has 30 heavy (non-hydrogen) atoms. The Morgan fingerprint density at radius 3 is 2.47 bits per heavy atom. The Morgan fingerprint density at radius 2 is 1.83 bits per heavy atom. The zero-order valence-electron chi connectivity index (χ0n) is 16.4. The molecule has 1 aromatic heterocycles. The fourth-order valence-electron chi connectivity index (χ4n) is 3.32. The van der Waals surface area contributed by atoms with Crippen molar-refractivity contribution < 1.29 is 13.2 Å². The topological polar surface area (TPSA) is 78.8 Å². The van der Waals surface area contributed by atoms with Crippen molar-refractivity contribution >= 4 is 38.7 Å². The molecule has 1 amide bonds. The van der Waals surface area contributed by atoms with Crippen LogP contribution in [0.3, 0.4) is 0 Å². The maximum atomic E-state index is 12.5. The van der Waals surface area contributed by atoms with E-state index in [1.807, 2.05) is 36.6 Å². The third kappa shape index (κ3) is 4.15. The van der Waals surface area contributed by atoms with Crippen LogP contribution < -0.4 is 4.72 Å². The number of anilines is 1. The second-order valence-corrected chi connectivity index (χ2v) is 9.53. The Morgan fingerprint density at radius 1 is 1.10 bits per heavy atom. The van der Waals surface area contributed by atoms with Crippen molar-refractivity contribution in [3.63, 3.8) is 0 Å². The molecule has 2 heterocycles. The Balaban J connectivity index is 1.54. The average molecular weight is 440 g/mol. The summed E-state index contributed by atoms with van der Waals surface area (Å²) in [6.07, 6.45) is 1.01. The van der Waals surface area contributed by atoms with Crippen molar-refractivity contribution in [3.05, 3.63) is 82.6 Å². The highest BCUT2D eigenvalue weighted by Crippen LogP contribution is 2.35. The van der Waals surface area contributed by atoms with E-state index >= 15 is 0 Å². The van der Waals surface area contributed by atoms with Crippen molar-refractivity contribution in [2.24, 2.45) is 5.10 Å². The lowest BCUT2D eigenvalue weighted by molar-refractivity contribution is -0.132. The van der Waals surface area contributed by atoms with Gasteiger partial charge >= 0.3 is 0 Å². The van der Waals surface area contributed by atoms with E-state index < -0.39 is 10.0 Å². The number of thiophene rings is 1. The van der Waals surface area contributed by atoms with E-state index in [4.69, 9.17) is 0 Å². The molecule has 1 atom stereocenters. The molecule has 1 aliphatic rings. The minimum absolute atomic E-state index is 0.0179. The molecule has 0 bridgehead atoms. The number of sulfonamides is 1. The molecule has 1 N–H and O–H groups in total. The normalized spacial score (nSPS) is 16.4. The minimum Gasteiger partial charge on any atom is -0.280 e. The molecule has 1 aliphatic heterocycles. The lowest BCUT2D eigenvalue weighted by Gasteiger charge is -2.19.